The molecule has 160 valence electrons. The summed E-state index contributed by atoms with van der Waals surface area (Å²) in [5, 5.41) is 2.92. The lowest BCUT2D eigenvalue weighted by molar-refractivity contribution is -0.117. The standard InChI is InChI=1S/C23H29N3O4/c1-16-5-8-19(9-6-16)26-15-18(13-21(26)27)25-22(28)17-7-10-20(24-14-17)29-11-12-30-23(2,3)4/h5-10,14,18H,11-13,15H2,1-4H3,(H,25,28). The number of amides is 2. The van der Waals surface area contributed by atoms with Gasteiger partial charge >= 0.3 is 0 Å². The Morgan fingerprint density at radius 1 is 1.17 bits per heavy atom. The van der Waals surface area contributed by atoms with Gasteiger partial charge in [0, 0.05) is 30.9 Å². The molecule has 30 heavy (non-hydrogen) atoms. The highest BCUT2D eigenvalue weighted by Crippen LogP contribution is 2.22. The average Bonchev–Trinajstić information content (AvgIpc) is 3.05. The Morgan fingerprint density at radius 2 is 1.90 bits per heavy atom. The smallest absolute Gasteiger partial charge is 0.253 e. The number of hydrogen-bond donors (Lipinski definition) is 1. The van der Waals surface area contributed by atoms with Crippen LogP contribution >= 0.6 is 0 Å². The highest BCUT2D eigenvalue weighted by molar-refractivity contribution is 5.98. The number of carbonyl (C=O) groups is 2. The van der Waals surface area contributed by atoms with Gasteiger partial charge in [-0.05, 0) is 45.9 Å². The quantitative estimate of drug-likeness (QED) is 0.708. The molecular weight excluding hydrogens is 382 g/mol. The van der Waals surface area contributed by atoms with Crippen LogP contribution in [0.3, 0.4) is 0 Å². The molecule has 7 nitrogen and oxygen atoms in total. The Balaban J connectivity index is 1.50. The van der Waals surface area contributed by atoms with Crippen molar-refractivity contribution in [1.82, 2.24) is 10.3 Å². The molecule has 1 fully saturated rings. The Bertz CT molecular complexity index is 873. The van der Waals surface area contributed by atoms with Crippen molar-refractivity contribution in [2.24, 2.45) is 0 Å². The van der Waals surface area contributed by atoms with Gasteiger partial charge in [-0.2, -0.15) is 0 Å². The monoisotopic (exact) mass is 411 g/mol. The third-order valence-corrected chi connectivity index (χ3v) is 4.67. The number of ether oxygens (including phenoxy) is 2. The van der Waals surface area contributed by atoms with Crippen molar-refractivity contribution < 1.29 is 19.1 Å². The number of pyridine rings is 1. The number of anilines is 1. The zero-order valence-electron chi connectivity index (χ0n) is 18.0. The largest absolute Gasteiger partial charge is 0.475 e. The Morgan fingerprint density at radius 3 is 2.53 bits per heavy atom. The van der Waals surface area contributed by atoms with Crippen LogP contribution in [0.5, 0.6) is 5.88 Å². The van der Waals surface area contributed by atoms with E-state index in [-0.39, 0.29) is 29.9 Å². The summed E-state index contributed by atoms with van der Waals surface area (Å²) in [4.78, 5) is 30.8. The van der Waals surface area contributed by atoms with E-state index in [0.717, 1.165) is 11.3 Å². The van der Waals surface area contributed by atoms with E-state index in [1.165, 1.54) is 6.20 Å². The van der Waals surface area contributed by atoms with Crippen LogP contribution in [-0.2, 0) is 9.53 Å². The molecule has 1 N–H and O–H groups in total. The number of benzene rings is 1. The molecule has 2 amide bonds. The molecular formula is C23H29N3O4. The van der Waals surface area contributed by atoms with Gasteiger partial charge in [0.15, 0.2) is 0 Å². The van der Waals surface area contributed by atoms with E-state index < -0.39 is 0 Å². The number of nitrogens with zero attached hydrogens (tertiary/aromatic N) is 2. The van der Waals surface area contributed by atoms with Crippen LogP contribution in [-0.4, -0.2) is 48.2 Å². The van der Waals surface area contributed by atoms with Gasteiger partial charge in [0.25, 0.3) is 5.91 Å². The van der Waals surface area contributed by atoms with E-state index in [1.807, 2.05) is 52.0 Å². The van der Waals surface area contributed by atoms with Crippen LogP contribution in [0.1, 0.15) is 43.1 Å². The van der Waals surface area contributed by atoms with Crippen molar-refractivity contribution in [2.45, 2.75) is 45.8 Å². The minimum Gasteiger partial charge on any atom is -0.475 e. The Hall–Kier alpha value is -2.93. The average molecular weight is 412 g/mol. The number of rotatable bonds is 7. The highest BCUT2D eigenvalue weighted by Gasteiger charge is 2.31. The summed E-state index contributed by atoms with van der Waals surface area (Å²) in [6.07, 6.45) is 1.76. The number of nitrogens with one attached hydrogen (secondary N) is 1. The van der Waals surface area contributed by atoms with E-state index in [4.69, 9.17) is 9.47 Å². The zero-order valence-corrected chi connectivity index (χ0v) is 18.0. The molecule has 0 radical (unpaired) electrons. The molecule has 0 bridgehead atoms. The summed E-state index contributed by atoms with van der Waals surface area (Å²) < 4.78 is 11.1. The zero-order chi connectivity index (χ0) is 21.7. The first-order valence-electron chi connectivity index (χ1n) is 10.1. The van der Waals surface area contributed by atoms with Gasteiger partial charge < -0.3 is 19.7 Å². The fourth-order valence-electron chi connectivity index (χ4n) is 3.14. The fraction of sp³-hybridized carbons (Fsp3) is 0.435. The molecule has 0 spiro atoms. The molecule has 1 aromatic heterocycles. The second kappa shape index (κ2) is 9.26. The first-order valence-corrected chi connectivity index (χ1v) is 10.1. The molecule has 1 saturated heterocycles. The molecule has 0 saturated carbocycles. The van der Waals surface area contributed by atoms with Gasteiger partial charge in [-0.3, -0.25) is 9.59 Å². The molecule has 1 atom stereocenters. The van der Waals surface area contributed by atoms with Crippen molar-refractivity contribution in [3.63, 3.8) is 0 Å². The minimum atomic E-state index is -0.256. The van der Waals surface area contributed by atoms with E-state index in [9.17, 15) is 9.59 Å². The van der Waals surface area contributed by atoms with Gasteiger partial charge in [-0.1, -0.05) is 17.7 Å². The van der Waals surface area contributed by atoms with Crippen LogP contribution in [0.25, 0.3) is 0 Å². The molecule has 0 aliphatic carbocycles. The molecule has 3 rings (SSSR count). The lowest BCUT2D eigenvalue weighted by Gasteiger charge is -2.19. The van der Waals surface area contributed by atoms with E-state index in [0.29, 0.717) is 31.2 Å². The molecule has 1 aliphatic rings. The molecule has 2 aromatic rings. The maximum Gasteiger partial charge on any atom is 0.253 e. The topological polar surface area (TPSA) is 80.8 Å². The predicted octanol–water partition coefficient (Wildman–Crippen LogP) is 3.12. The van der Waals surface area contributed by atoms with Crippen LogP contribution in [0.2, 0.25) is 0 Å². The summed E-state index contributed by atoms with van der Waals surface area (Å²) in [6, 6.07) is 10.9. The summed E-state index contributed by atoms with van der Waals surface area (Å²) in [5.74, 6) is 0.183. The number of hydrogen-bond acceptors (Lipinski definition) is 5. The van der Waals surface area contributed by atoms with Crippen molar-refractivity contribution in [1.29, 1.82) is 0 Å². The summed E-state index contributed by atoms with van der Waals surface area (Å²) in [7, 11) is 0. The first kappa shape index (κ1) is 21.8. The van der Waals surface area contributed by atoms with Crippen molar-refractivity contribution in [3.05, 3.63) is 53.7 Å². The Kier molecular flexibility index (Phi) is 6.72. The van der Waals surface area contributed by atoms with Crippen LogP contribution in [0.15, 0.2) is 42.6 Å². The lowest BCUT2D eigenvalue weighted by Crippen LogP contribution is -2.37. The normalized spacial score (nSPS) is 16.6. The lowest BCUT2D eigenvalue weighted by atomic mass is 10.2. The third-order valence-electron chi connectivity index (χ3n) is 4.67. The number of aromatic nitrogens is 1. The SMILES string of the molecule is Cc1ccc(N2CC(NC(=O)c3ccc(OCCOC(C)(C)C)nc3)CC2=O)cc1. The van der Waals surface area contributed by atoms with Crippen LogP contribution in [0.4, 0.5) is 5.69 Å². The van der Waals surface area contributed by atoms with Crippen LogP contribution < -0.4 is 15.0 Å². The second-order valence-electron chi connectivity index (χ2n) is 8.41. The molecule has 2 heterocycles. The van der Waals surface area contributed by atoms with Crippen LogP contribution in [0, 0.1) is 6.92 Å². The van der Waals surface area contributed by atoms with Gasteiger partial charge in [-0.15, -0.1) is 0 Å². The maximum atomic E-state index is 12.5. The van der Waals surface area contributed by atoms with E-state index in [1.54, 1.807) is 17.0 Å². The number of aryl methyl sites for hydroxylation is 1. The van der Waals surface area contributed by atoms with Crippen molar-refractivity contribution in [2.75, 3.05) is 24.7 Å². The first-order chi connectivity index (χ1) is 14.2. The molecule has 1 aliphatic heterocycles. The maximum absolute atomic E-state index is 12.5. The third kappa shape index (κ3) is 6.03. The molecule has 7 heteroatoms. The number of carbonyl (C=O) groups excluding carboxylic acids is 2. The minimum absolute atomic E-state index is 0.00324. The van der Waals surface area contributed by atoms with Gasteiger partial charge in [-0.25, -0.2) is 4.98 Å². The second-order valence-corrected chi connectivity index (χ2v) is 8.41. The van der Waals surface area contributed by atoms with E-state index >= 15 is 0 Å². The Labute approximate surface area is 177 Å². The molecule has 1 aromatic carbocycles. The van der Waals surface area contributed by atoms with Gasteiger partial charge in [0.1, 0.15) is 6.61 Å². The predicted molar refractivity (Wildman–Crippen MR) is 115 cm³/mol. The highest BCUT2D eigenvalue weighted by atomic mass is 16.5. The van der Waals surface area contributed by atoms with E-state index in [2.05, 4.69) is 10.3 Å². The van der Waals surface area contributed by atoms with Gasteiger partial charge in [0.05, 0.1) is 23.8 Å². The molecule has 1 unspecified atom stereocenters. The fourth-order valence-corrected chi connectivity index (χ4v) is 3.14. The van der Waals surface area contributed by atoms with Crippen molar-refractivity contribution >= 4 is 17.5 Å². The summed E-state index contributed by atoms with van der Waals surface area (Å²) >= 11 is 0. The van der Waals surface area contributed by atoms with Crippen molar-refractivity contribution in [3.8, 4) is 5.88 Å². The van der Waals surface area contributed by atoms with Gasteiger partial charge in [0.2, 0.25) is 11.8 Å². The summed E-state index contributed by atoms with van der Waals surface area (Å²) in [5.41, 5.74) is 2.20. The summed E-state index contributed by atoms with van der Waals surface area (Å²) in [6.45, 7) is 9.25.